The molecule has 2 nitrogen and oxygen atoms in total. The van der Waals surface area contributed by atoms with E-state index in [-0.39, 0.29) is 0 Å². The van der Waals surface area contributed by atoms with Gasteiger partial charge in [-0.2, -0.15) is 0 Å². The molecule has 0 aromatic heterocycles. The number of rotatable bonds is 6. The molecular formula is C16H27NO. The number of hydrogen-bond donors (Lipinski definition) is 1. The van der Waals surface area contributed by atoms with E-state index < -0.39 is 0 Å². The van der Waals surface area contributed by atoms with Gasteiger partial charge >= 0.3 is 0 Å². The zero-order chi connectivity index (χ0) is 13.7. The van der Waals surface area contributed by atoms with E-state index in [0.717, 1.165) is 12.3 Å². The third-order valence-corrected chi connectivity index (χ3v) is 3.57. The summed E-state index contributed by atoms with van der Waals surface area (Å²) in [5, 5.41) is 3.60. The Morgan fingerprint density at radius 3 is 2.39 bits per heavy atom. The van der Waals surface area contributed by atoms with Crippen LogP contribution in [0.1, 0.15) is 44.7 Å². The van der Waals surface area contributed by atoms with E-state index in [4.69, 9.17) is 4.74 Å². The Kier molecular flexibility index (Phi) is 5.67. The van der Waals surface area contributed by atoms with Crippen molar-refractivity contribution in [3.05, 3.63) is 29.3 Å². The molecule has 1 N–H and O–H groups in total. The van der Waals surface area contributed by atoms with Gasteiger partial charge in [-0.05, 0) is 31.0 Å². The summed E-state index contributed by atoms with van der Waals surface area (Å²) in [6, 6.07) is 6.90. The SMILES string of the molecule is CCNC(C(C)C)C(C)c1cc(C)ccc1OC. The van der Waals surface area contributed by atoms with Crippen LogP contribution in [0.3, 0.4) is 0 Å². The fourth-order valence-electron chi connectivity index (χ4n) is 2.63. The molecule has 0 radical (unpaired) electrons. The number of likely N-dealkylation sites (N-methyl/N-ethyl adjacent to an activating group) is 1. The molecule has 1 rings (SSSR count). The fraction of sp³-hybridized carbons (Fsp3) is 0.625. The lowest BCUT2D eigenvalue weighted by Crippen LogP contribution is -2.38. The van der Waals surface area contributed by atoms with Gasteiger partial charge in [0.25, 0.3) is 0 Å². The minimum absolute atomic E-state index is 0.444. The van der Waals surface area contributed by atoms with Crippen molar-refractivity contribution in [2.24, 2.45) is 5.92 Å². The Bertz CT molecular complexity index is 373. The molecule has 2 atom stereocenters. The van der Waals surface area contributed by atoms with Gasteiger partial charge in [0, 0.05) is 12.0 Å². The van der Waals surface area contributed by atoms with Crippen molar-refractivity contribution < 1.29 is 4.74 Å². The van der Waals surface area contributed by atoms with Gasteiger partial charge in [0.15, 0.2) is 0 Å². The van der Waals surface area contributed by atoms with E-state index in [2.05, 4.69) is 58.1 Å². The summed E-state index contributed by atoms with van der Waals surface area (Å²) >= 11 is 0. The van der Waals surface area contributed by atoms with E-state index >= 15 is 0 Å². The van der Waals surface area contributed by atoms with Crippen molar-refractivity contribution in [2.75, 3.05) is 13.7 Å². The fourth-order valence-corrected chi connectivity index (χ4v) is 2.63. The summed E-state index contributed by atoms with van der Waals surface area (Å²) in [4.78, 5) is 0. The molecule has 0 spiro atoms. The highest BCUT2D eigenvalue weighted by molar-refractivity contribution is 5.40. The van der Waals surface area contributed by atoms with Crippen LogP contribution in [-0.4, -0.2) is 19.7 Å². The molecule has 0 bridgehead atoms. The molecule has 1 aromatic rings. The first kappa shape index (κ1) is 15.0. The first-order valence-electron chi connectivity index (χ1n) is 6.89. The maximum absolute atomic E-state index is 5.50. The van der Waals surface area contributed by atoms with Crippen LogP contribution in [0.15, 0.2) is 18.2 Å². The second-order valence-corrected chi connectivity index (χ2v) is 5.36. The molecule has 2 heteroatoms. The lowest BCUT2D eigenvalue weighted by atomic mass is 9.85. The Balaban J connectivity index is 3.06. The highest BCUT2D eigenvalue weighted by Crippen LogP contribution is 2.32. The molecule has 0 heterocycles. The predicted molar refractivity (Wildman–Crippen MR) is 78.4 cm³/mol. The number of benzene rings is 1. The van der Waals surface area contributed by atoms with Crippen molar-refractivity contribution in [2.45, 2.75) is 46.6 Å². The van der Waals surface area contributed by atoms with Crippen LogP contribution in [-0.2, 0) is 0 Å². The molecule has 0 aliphatic carbocycles. The van der Waals surface area contributed by atoms with E-state index in [0.29, 0.717) is 17.9 Å². The number of aryl methyl sites for hydroxylation is 1. The van der Waals surface area contributed by atoms with Crippen molar-refractivity contribution in [3.8, 4) is 5.75 Å². The van der Waals surface area contributed by atoms with Crippen LogP contribution in [0.2, 0.25) is 0 Å². The molecule has 18 heavy (non-hydrogen) atoms. The summed E-state index contributed by atoms with van der Waals surface area (Å²) in [6.07, 6.45) is 0. The summed E-state index contributed by atoms with van der Waals surface area (Å²) in [5.74, 6) is 2.04. The second-order valence-electron chi connectivity index (χ2n) is 5.36. The first-order valence-corrected chi connectivity index (χ1v) is 6.89. The molecule has 0 saturated carbocycles. The lowest BCUT2D eigenvalue weighted by Gasteiger charge is -2.29. The van der Waals surface area contributed by atoms with E-state index in [9.17, 15) is 0 Å². The van der Waals surface area contributed by atoms with E-state index in [1.54, 1.807) is 7.11 Å². The third-order valence-electron chi connectivity index (χ3n) is 3.57. The second kappa shape index (κ2) is 6.79. The molecular weight excluding hydrogens is 222 g/mol. The average molecular weight is 249 g/mol. The topological polar surface area (TPSA) is 21.3 Å². The lowest BCUT2D eigenvalue weighted by molar-refractivity contribution is 0.346. The van der Waals surface area contributed by atoms with Gasteiger partial charge in [0.1, 0.15) is 5.75 Å². The molecule has 0 amide bonds. The normalized spacial score (nSPS) is 14.6. The largest absolute Gasteiger partial charge is 0.496 e. The Morgan fingerprint density at radius 1 is 1.22 bits per heavy atom. The molecule has 0 aliphatic rings. The average Bonchev–Trinajstić information content (AvgIpc) is 2.34. The van der Waals surface area contributed by atoms with E-state index in [1.807, 2.05) is 0 Å². The minimum atomic E-state index is 0.444. The van der Waals surface area contributed by atoms with Crippen molar-refractivity contribution >= 4 is 0 Å². The van der Waals surface area contributed by atoms with Crippen LogP contribution in [0.4, 0.5) is 0 Å². The smallest absolute Gasteiger partial charge is 0.122 e. The summed E-state index contributed by atoms with van der Waals surface area (Å²) in [6.45, 7) is 12.1. The summed E-state index contributed by atoms with van der Waals surface area (Å²) in [7, 11) is 1.75. The zero-order valence-corrected chi connectivity index (χ0v) is 12.6. The number of methoxy groups -OCH3 is 1. The minimum Gasteiger partial charge on any atom is -0.496 e. The quantitative estimate of drug-likeness (QED) is 0.829. The maximum Gasteiger partial charge on any atom is 0.122 e. The molecule has 1 aromatic carbocycles. The van der Waals surface area contributed by atoms with Gasteiger partial charge in [-0.3, -0.25) is 0 Å². The van der Waals surface area contributed by atoms with Crippen LogP contribution < -0.4 is 10.1 Å². The third kappa shape index (κ3) is 3.49. The van der Waals surface area contributed by atoms with Gasteiger partial charge < -0.3 is 10.1 Å². The Morgan fingerprint density at radius 2 is 1.89 bits per heavy atom. The van der Waals surface area contributed by atoms with Gasteiger partial charge in [-0.15, -0.1) is 0 Å². The van der Waals surface area contributed by atoms with Crippen molar-refractivity contribution in [1.29, 1.82) is 0 Å². The van der Waals surface area contributed by atoms with E-state index in [1.165, 1.54) is 11.1 Å². The highest BCUT2D eigenvalue weighted by atomic mass is 16.5. The summed E-state index contributed by atoms with van der Waals surface area (Å²) < 4.78 is 5.50. The van der Waals surface area contributed by atoms with Crippen LogP contribution in [0.5, 0.6) is 5.75 Å². The summed E-state index contributed by atoms with van der Waals surface area (Å²) in [5.41, 5.74) is 2.59. The first-order chi connectivity index (χ1) is 8.51. The van der Waals surface area contributed by atoms with Gasteiger partial charge in [-0.25, -0.2) is 0 Å². The Labute approximate surface area is 112 Å². The van der Waals surface area contributed by atoms with Crippen molar-refractivity contribution in [1.82, 2.24) is 5.32 Å². The monoisotopic (exact) mass is 249 g/mol. The molecule has 0 aliphatic heterocycles. The Hall–Kier alpha value is -1.02. The molecule has 0 fully saturated rings. The predicted octanol–water partition coefficient (Wildman–Crippen LogP) is 3.74. The van der Waals surface area contributed by atoms with Crippen LogP contribution in [0.25, 0.3) is 0 Å². The van der Waals surface area contributed by atoms with Gasteiger partial charge in [0.2, 0.25) is 0 Å². The molecule has 2 unspecified atom stereocenters. The highest BCUT2D eigenvalue weighted by Gasteiger charge is 2.23. The standard InChI is InChI=1S/C16H27NO/c1-7-17-16(11(2)3)13(5)14-10-12(4)8-9-15(14)18-6/h8-11,13,16-17H,7H2,1-6H3. The van der Waals surface area contributed by atoms with Crippen LogP contribution >= 0.6 is 0 Å². The van der Waals surface area contributed by atoms with Crippen LogP contribution in [0, 0.1) is 12.8 Å². The maximum atomic E-state index is 5.50. The zero-order valence-electron chi connectivity index (χ0n) is 12.6. The molecule has 0 saturated heterocycles. The number of hydrogen-bond acceptors (Lipinski definition) is 2. The number of nitrogens with one attached hydrogen (secondary N) is 1. The van der Waals surface area contributed by atoms with Crippen molar-refractivity contribution in [3.63, 3.8) is 0 Å². The number of ether oxygens (including phenoxy) is 1. The molecule has 102 valence electrons. The van der Waals surface area contributed by atoms with Gasteiger partial charge in [0.05, 0.1) is 7.11 Å². The van der Waals surface area contributed by atoms with Gasteiger partial charge in [-0.1, -0.05) is 45.4 Å².